The van der Waals surface area contributed by atoms with Crippen LogP contribution < -0.4 is 5.32 Å². The molecule has 1 aromatic heterocycles. The van der Waals surface area contributed by atoms with Gasteiger partial charge >= 0.3 is 12.1 Å². The molecule has 0 aliphatic carbocycles. The van der Waals surface area contributed by atoms with Gasteiger partial charge in [0.1, 0.15) is 6.61 Å². The number of carbonyl (C=O) groups excluding carboxylic acids is 1. The van der Waals surface area contributed by atoms with Gasteiger partial charge in [0.25, 0.3) is 0 Å². The number of para-hydroxylation sites is 2. The lowest BCUT2D eigenvalue weighted by Gasteiger charge is -2.09. The summed E-state index contributed by atoms with van der Waals surface area (Å²) in [6.45, 7) is 0.0656. The van der Waals surface area contributed by atoms with Crippen molar-refractivity contribution in [1.82, 2.24) is 9.97 Å². The molecule has 0 saturated heterocycles. The van der Waals surface area contributed by atoms with Crippen LogP contribution in [0.5, 0.6) is 0 Å². The maximum Gasteiger partial charge on any atom is 0.413 e. The lowest BCUT2D eigenvalue weighted by Crippen LogP contribution is -2.18. The first-order valence-electron chi connectivity index (χ1n) is 7.11. The predicted octanol–water partition coefficient (Wildman–Crippen LogP) is 3.08. The Morgan fingerprint density at radius 3 is 2.25 bits per heavy atom. The van der Waals surface area contributed by atoms with Crippen LogP contribution in [-0.2, 0) is 11.3 Å². The van der Waals surface area contributed by atoms with E-state index < -0.39 is 12.1 Å². The van der Waals surface area contributed by atoms with Crippen molar-refractivity contribution in [3.05, 3.63) is 65.9 Å². The number of rotatable bonds is 4. The summed E-state index contributed by atoms with van der Waals surface area (Å²) in [4.78, 5) is 31.4. The van der Waals surface area contributed by atoms with E-state index in [1.54, 1.807) is 24.3 Å². The first-order valence-corrected chi connectivity index (χ1v) is 7.11. The molecule has 2 aromatic carbocycles. The number of hydrogen-bond acceptors (Lipinski definition) is 5. The van der Waals surface area contributed by atoms with Gasteiger partial charge in [0.05, 0.1) is 11.0 Å². The lowest BCUT2D eigenvalue weighted by molar-refractivity contribution is 0.0692. The minimum Gasteiger partial charge on any atom is -0.476 e. The molecule has 0 saturated carbocycles. The molecule has 7 nitrogen and oxygen atoms in total. The summed E-state index contributed by atoms with van der Waals surface area (Å²) >= 11 is 0. The van der Waals surface area contributed by atoms with Gasteiger partial charge in [-0.1, -0.05) is 42.5 Å². The van der Waals surface area contributed by atoms with Crippen LogP contribution >= 0.6 is 0 Å². The molecule has 120 valence electrons. The number of carboxylic acids is 1. The Balaban J connectivity index is 1.79. The van der Waals surface area contributed by atoms with Gasteiger partial charge in [-0.05, 0) is 17.7 Å². The number of benzene rings is 2. The monoisotopic (exact) mass is 323 g/mol. The summed E-state index contributed by atoms with van der Waals surface area (Å²) in [6.07, 6.45) is -0.800. The van der Waals surface area contributed by atoms with Gasteiger partial charge in [0.2, 0.25) is 0 Å². The van der Waals surface area contributed by atoms with Gasteiger partial charge in [0.15, 0.2) is 11.5 Å². The highest BCUT2D eigenvalue weighted by atomic mass is 16.5. The summed E-state index contributed by atoms with van der Waals surface area (Å²) in [5.74, 6) is -1.44. The van der Waals surface area contributed by atoms with E-state index in [1.165, 1.54) is 0 Å². The van der Waals surface area contributed by atoms with Gasteiger partial charge in [-0.2, -0.15) is 0 Å². The van der Waals surface area contributed by atoms with Crippen molar-refractivity contribution in [3.63, 3.8) is 0 Å². The van der Waals surface area contributed by atoms with Crippen molar-refractivity contribution < 1.29 is 19.4 Å². The second-order valence-corrected chi connectivity index (χ2v) is 4.90. The molecular formula is C17H13N3O4. The van der Waals surface area contributed by atoms with Crippen molar-refractivity contribution in [2.75, 3.05) is 5.32 Å². The molecule has 7 heteroatoms. The number of nitrogens with one attached hydrogen (secondary N) is 1. The van der Waals surface area contributed by atoms with Crippen LogP contribution in [0.4, 0.5) is 10.6 Å². The molecule has 0 aliphatic heterocycles. The lowest BCUT2D eigenvalue weighted by atomic mass is 10.2. The number of hydrogen-bond donors (Lipinski definition) is 2. The van der Waals surface area contributed by atoms with Crippen molar-refractivity contribution >= 4 is 28.9 Å². The van der Waals surface area contributed by atoms with E-state index in [-0.39, 0.29) is 18.1 Å². The topological polar surface area (TPSA) is 101 Å². The van der Waals surface area contributed by atoms with Crippen LogP contribution in [0.3, 0.4) is 0 Å². The standard InChI is InChI=1S/C17H13N3O4/c21-16(22)14-15(19-13-9-5-4-8-12(13)18-14)20-17(23)24-10-11-6-2-1-3-7-11/h1-9H,10H2,(H,21,22)(H,19,20,23). The summed E-state index contributed by atoms with van der Waals surface area (Å²) in [5.41, 5.74) is 1.38. The molecule has 0 spiro atoms. The summed E-state index contributed by atoms with van der Waals surface area (Å²) < 4.78 is 5.07. The number of aromatic carboxylic acids is 1. The highest BCUT2D eigenvalue weighted by Gasteiger charge is 2.18. The predicted molar refractivity (Wildman–Crippen MR) is 86.7 cm³/mol. The van der Waals surface area contributed by atoms with E-state index in [2.05, 4.69) is 15.3 Å². The molecule has 0 fully saturated rings. The third kappa shape index (κ3) is 3.46. The van der Waals surface area contributed by atoms with E-state index in [1.807, 2.05) is 30.3 Å². The Morgan fingerprint density at radius 1 is 0.958 bits per heavy atom. The van der Waals surface area contributed by atoms with E-state index in [4.69, 9.17) is 4.74 Å². The Labute approximate surface area is 136 Å². The number of amides is 1. The van der Waals surface area contributed by atoms with Crippen LogP contribution in [0.15, 0.2) is 54.6 Å². The number of aromatic nitrogens is 2. The second-order valence-electron chi connectivity index (χ2n) is 4.90. The number of ether oxygens (including phenoxy) is 1. The second kappa shape index (κ2) is 6.74. The molecule has 3 rings (SSSR count). The molecule has 0 aliphatic rings. The fourth-order valence-electron chi connectivity index (χ4n) is 2.09. The first kappa shape index (κ1) is 15.4. The number of nitrogens with zero attached hydrogens (tertiary/aromatic N) is 2. The van der Waals surface area contributed by atoms with Crippen molar-refractivity contribution in [2.45, 2.75) is 6.61 Å². The first-order chi connectivity index (χ1) is 11.6. The zero-order chi connectivity index (χ0) is 16.9. The molecule has 2 N–H and O–H groups in total. The van der Waals surface area contributed by atoms with Crippen LogP contribution in [0.25, 0.3) is 11.0 Å². The van der Waals surface area contributed by atoms with Crippen LogP contribution in [0.2, 0.25) is 0 Å². The van der Waals surface area contributed by atoms with Gasteiger partial charge < -0.3 is 9.84 Å². The van der Waals surface area contributed by atoms with Gasteiger partial charge in [-0.15, -0.1) is 0 Å². The van der Waals surface area contributed by atoms with Crippen molar-refractivity contribution in [2.24, 2.45) is 0 Å². The smallest absolute Gasteiger partial charge is 0.413 e. The molecule has 0 unspecified atom stereocenters. The minimum absolute atomic E-state index is 0.0656. The average molecular weight is 323 g/mol. The summed E-state index contributed by atoms with van der Waals surface area (Å²) in [6, 6.07) is 15.9. The molecule has 1 heterocycles. The molecule has 0 atom stereocenters. The number of fused-ring (bicyclic) bond motifs is 1. The Bertz CT molecular complexity index is 897. The van der Waals surface area contributed by atoms with Crippen molar-refractivity contribution in [3.8, 4) is 0 Å². The van der Waals surface area contributed by atoms with E-state index in [0.29, 0.717) is 11.0 Å². The van der Waals surface area contributed by atoms with Crippen LogP contribution in [0, 0.1) is 0 Å². The maximum atomic E-state index is 11.9. The molecule has 3 aromatic rings. The molecule has 0 radical (unpaired) electrons. The third-order valence-electron chi connectivity index (χ3n) is 3.21. The summed E-state index contributed by atoms with van der Waals surface area (Å²) in [5, 5.41) is 11.6. The fraction of sp³-hybridized carbons (Fsp3) is 0.0588. The molecule has 1 amide bonds. The fourth-order valence-corrected chi connectivity index (χ4v) is 2.09. The van der Waals surface area contributed by atoms with E-state index >= 15 is 0 Å². The normalized spacial score (nSPS) is 10.3. The Morgan fingerprint density at radius 2 is 1.58 bits per heavy atom. The average Bonchev–Trinajstić information content (AvgIpc) is 2.60. The zero-order valence-electron chi connectivity index (χ0n) is 12.5. The third-order valence-corrected chi connectivity index (χ3v) is 3.21. The molecular weight excluding hydrogens is 310 g/mol. The van der Waals surface area contributed by atoms with Gasteiger partial charge in [-0.3, -0.25) is 5.32 Å². The van der Waals surface area contributed by atoms with E-state index in [9.17, 15) is 14.7 Å². The number of anilines is 1. The largest absolute Gasteiger partial charge is 0.476 e. The van der Waals surface area contributed by atoms with Crippen molar-refractivity contribution in [1.29, 1.82) is 0 Å². The number of carboxylic acid groups (broad SMARTS) is 1. The molecule has 0 bridgehead atoms. The SMILES string of the molecule is O=C(Nc1nc2ccccc2nc1C(=O)O)OCc1ccccc1. The number of carbonyl (C=O) groups is 2. The van der Waals surface area contributed by atoms with Crippen LogP contribution in [-0.4, -0.2) is 27.1 Å². The highest BCUT2D eigenvalue weighted by Crippen LogP contribution is 2.17. The van der Waals surface area contributed by atoms with Crippen LogP contribution in [0.1, 0.15) is 16.1 Å². The quantitative estimate of drug-likeness (QED) is 0.765. The Hall–Kier alpha value is -3.48. The Kier molecular flexibility index (Phi) is 4.33. The molecule has 24 heavy (non-hydrogen) atoms. The highest BCUT2D eigenvalue weighted by molar-refractivity contribution is 5.98. The summed E-state index contributed by atoms with van der Waals surface area (Å²) in [7, 11) is 0. The van der Waals surface area contributed by atoms with Gasteiger partial charge in [0, 0.05) is 0 Å². The van der Waals surface area contributed by atoms with E-state index in [0.717, 1.165) is 5.56 Å². The maximum absolute atomic E-state index is 11.9. The van der Waals surface area contributed by atoms with Gasteiger partial charge in [-0.25, -0.2) is 19.6 Å². The minimum atomic E-state index is -1.29. The zero-order valence-corrected chi connectivity index (χ0v) is 12.5.